The first-order valence-corrected chi connectivity index (χ1v) is 9.14. The minimum atomic E-state index is -1.92. The van der Waals surface area contributed by atoms with Crippen LogP contribution in [0, 0.1) is 18.2 Å². The van der Waals surface area contributed by atoms with Crippen molar-refractivity contribution in [2.45, 2.75) is 26.2 Å². The Bertz CT molecular complexity index is 1160. The van der Waals surface area contributed by atoms with Crippen molar-refractivity contribution in [2.24, 2.45) is 5.41 Å². The van der Waals surface area contributed by atoms with E-state index in [-0.39, 0.29) is 25.2 Å². The van der Waals surface area contributed by atoms with Crippen LogP contribution < -0.4 is 0 Å². The number of aryl methyl sites for hydroxylation is 1. The summed E-state index contributed by atoms with van der Waals surface area (Å²) in [4.78, 5) is 36.9. The number of carboxylic acid groups (broad SMARTS) is 2. The highest BCUT2D eigenvalue weighted by atomic mass is 19.1. The van der Waals surface area contributed by atoms with Gasteiger partial charge in [-0.1, -0.05) is 11.6 Å². The Balaban J connectivity index is 1.95. The van der Waals surface area contributed by atoms with Crippen molar-refractivity contribution in [3.8, 4) is 0 Å². The number of carboxylic acids is 2. The van der Waals surface area contributed by atoms with Crippen LogP contribution in [0.4, 0.5) is 4.39 Å². The average molecular weight is 395 g/mol. The largest absolute Gasteiger partial charge is 0.480 e. The first-order chi connectivity index (χ1) is 13.7. The van der Waals surface area contributed by atoms with Gasteiger partial charge in [0.25, 0.3) is 5.91 Å². The summed E-state index contributed by atoms with van der Waals surface area (Å²) >= 11 is 0. The molecular weight excluding hydrogens is 377 g/mol. The second-order valence-corrected chi connectivity index (χ2v) is 7.46. The van der Waals surface area contributed by atoms with Crippen LogP contribution in [-0.4, -0.2) is 32.6 Å². The number of carbonyl (C=O) groups is 3. The predicted molar refractivity (Wildman–Crippen MR) is 103 cm³/mol. The topological polar surface area (TPSA) is 96.6 Å². The first kappa shape index (κ1) is 18.9. The van der Waals surface area contributed by atoms with Crippen LogP contribution in [0.1, 0.15) is 33.6 Å². The summed E-state index contributed by atoms with van der Waals surface area (Å²) in [6.07, 6.45) is -0.179. The lowest BCUT2D eigenvalue weighted by Crippen LogP contribution is -2.44. The van der Waals surface area contributed by atoms with Crippen molar-refractivity contribution in [3.05, 3.63) is 70.7 Å². The van der Waals surface area contributed by atoms with E-state index in [9.17, 15) is 29.0 Å². The zero-order valence-electron chi connectivity index (χ0n) is 15.6. The van der Waals surface area contributed by atoms with Crippen molar-refractivity contribution in [1.29, 1.82) is 0 Å². The van der Waals surface area contributed by atoms with Crippen molar-refractivity contribution in [3.63, 3.8) is 0 Å². The van der Waals surface area contributed by atoms with E-state index in [2.05, 4.69) is 0 Å². The molecule has 0 unspecified atom stereocenters. The lowest BCUT2D eigenvalue weighted by molar-refractivity contribution is -0.165. The van der Waals surface area contributed by atoms with E-state index in [4.69, 9.17) is 0 Å². The zero-order valence-corrected chi connectivity index (χ0v) is 15.6. The molecule has 29 heavy (non-hydrogen) atoms. The number of carbonyl (C=O) groups excluding carboxylic acids is 1. The molecule has 0 bridgehead atoms. The standard InChI is InChI=1S/C22H18FNO5/c1-12-2-7-17-15(10-12)16-11-22(20(26)27,21(28)29)9-8-18(16)24(17)19(25)13-3-5-14(23)6-4-13/h2-7,10H,8-9,11H2,1H3,(H,26,27)(H,28,29). The Morgan fingerprint density at radius 2 is 1.69 bits per heavy atom. The Morgan fingerprint density at radius 1 is 1.03 bits per heavy atom. The summed E-state index contributed by atoms with van der Waals surface area (Å²) in [5, 5.41) is 20.0. The quantitative estimate of drug-likeness (QED) is 0.663. The monoisotopic (exact) mass is 395 g/mol. The van der Waals surface area contributed by atoms with Crippen molar-refractivity contribution in [2.75, 3.05) is 0 Å². The molecule has 6 nitrogen and oxygen atoms in total. The van der Waals surface area contributed by atoms with Gasteiger partial charge in [0.05, 0.1) is 5.52 Å². The van der Waals surface area contributed by atoms with E-state index in [1.165, 1.54) is 28.8 Å². The number of aromatic nitrogens is 1. The number of rotatable bonds is 3. The molecule has 148 valence electrons. The summed E-state index contributed by atoms with van der Waals surface area (Å²) in [7, 11) is 0. The molecule has 0 aliphatic heterocycles. The number of aliphatic carboxylic acids is 2. The fourth-order valence-corrected chi connectivity index (χ4v) is 4.11. The second kappa shape index (κ2) is 6.55. The maximum atomic E-state index is 13.3. The maximum Gasteiger partial charge on any atom is 0.321 e. The fourth-order valence-electron chi connectivity index (χ4n) is 4.11. The highest BCUT2D eigenvalue weighted by molar-refractivity contribution is 6.05. The molecule has 4 rings (SSSR count). The first-order valence-electron chi connectivity index (χ1n) is 9.14. The summed E-state index contributed by atoms with van der Waals surface area (Å²) in [5.74, 6) is -3.58. The molecule has 2 aromatic carbocycles. The molecule has 1 aromatic heterocycles. The van der Waals surface area contributed by atoms with Gasteiger partial charge < -0.3 is 10.2 Å². The fraction of sp³-hybridized carbons (Fsp3) is 0.227. The van der Waals surface area contributed by atoms with Gasteiger partial charge in [-0.2, -0.15) is 0 Å². The molecule has 0 atom stereocenters. The van der Waals surface area contributed by atoms with Crippen LogP contribution in [0.25, 0.3) is 10.9 Å². The number of halogens is 1. The lowest BCUT2D eigenvalue weighted by Gasteiger charge is -2.29. The smallest absolute Gasteiger partial charge is 0.321 e. The highest BCUT2D eigenvalue weighted by Gasteiger charge is 2.50. The van der Waals surface area contributed by atoms with E-state index in [0.717, 1.165) is 5.56 Å². The number of hydrogen-bond acceptors (Lipinski definition) is 3. The number of fused-ring (bicyclic) bond motifs is 3. The number of hydrogen-bond donors (Lipinski definition) is 2. The third kappa shape index (κ3) is 2.81. The van der Waals surface area contributed by atoms with Gasteiger partial charge in [0.1, 0.15) is 5.82 Å². The molecule has 7 heteroatoms. The Hall–Kier alpha value is -3.48. The maximum absolute atomic E-state index is 13.3. The zero-order chi connectivity index (χ0) is 20.9. The van der Waals surface area contributed by atoms with Crippen molar-refractivity contribution in [1.82, 2.24) is 4.57 Å². The highest BCUT2D eigenvalue weighted by Crippen LogP contribution is 2.41. The minimum Gasteiger partial charge on any atom is -0.480 e. The van der Waals surface area contributed by atoms with Crippen LogP contribution >= 0.6 is 0 Å². The molecule has 1 aliphatic rings. The lowest BCUT2D eigenvalue weighted by atomic mass is 9.72. The third-order valence-corrected chi connectivity index (χ3v) is 5.72. The van der Waals surface area contributed by atoms with Crippen LogP contribution in [0.3, 0.4) is 0 Å². The van der Waals surface area contributed by atoms with Gasteiger partial charge in [0.15, 0.2) is 5.41 Å². The minimum absolute atomic E-state index is 0.114. The van der Waals surface area contributed by atoms with Gasteiger partial charge in [-0.3, -0.25) is 19.0 Å². The van der Waals surface area contributed by atoms with Gasteiger partial charge in [0.2, 0.25) is 0 Å². The molecular formula is C22H18FNO5. The molecule has 0 saturated carbocycles. The normalized spacial score (nSPS) is 15.1. The second-order valence-electron chi connectivity index (χ2n) is 7.46. The Morgan fingerprint density at radius 3 is 2.31 bits per heavy atom. The molecule has 0 radical (unpaired) electrons. The average Bonchev–Trinajstić information content (AvgIpc) is 3.00. The van der Waals surface area contributed by atoms with E-state index in [1.54, 1.807) is 6.07 Å². The predicted octanol–water partition coefficient (Wildman–Crippen LogP) is 3.42. The van der Waals surface area contributed by atoms with E-state index >= 15 is 0 Å². The van der Waals surface area contributed by atoms with Gasteiger partial charge >= 0.3 is 11.9 Å². The summed E-state index contributed by atoms with van der Waals surface area (Å²) in [6.45, 7) is 1.87. The van der Waals surface area contributed by atoms with Crippen LogP contribution in [0.2, 0.25) is 0 Å². The van der Waals surface area contributed by atoms with Gasteiger partial charge in [-0.25, -0.2) is 4.39 Å². The summed E-state index contributed by atoms with van der Waals surface area (Å²) in [6, 6.07) is 10.6. The molecule has 0 amide bonds. The van der Waals surface area contributed by atoms with E-state index in [1.807, 2.05) is 19.1 Å². The summed E-state index contributed by atoms with van der Waals surface area (Å²) < 4.78 is 14.8. The van der Waals surface area contributed by atoms with Gasteiger partial charge in [0, 0.05) is 23.1 Å². The molecule has 3 aromatic rings. The number of nitrogens with zero attached hydrogens (tertiary/aromatic N) is 1. The number of benzene rings is 2. The molecule has 0 spiro atoms. The van der Waals surface area contributed by atoms with Crippen LogP contribution in [0.15, 0.2) is 42.5 Å². The van der Waals surface area contributed by atoms with E-state index in [0.29, 0.717) is 27.7 Å². The molecule has 1 aliphatic carbocycles. The summed E-state index contributed by atoms with van der Waals surface area (Å²) in [5.41, 5.74) is 1.04. The Kier molecular flexibility index (Phi) is 4.26. The van der Waals surface area contributed by atoms with Gasteiger partial charge in [-0.05, 0) is 61.7 Å². The van der Waals surface area contributed by atoms with E-state index < -0.39 is 23.2 Å². The third-order valence-electron chi connectivity index (χ3n) is 5.72. The molecule has 0 fully saturated rings. The van der Waals surface area contributed by atoms with Crippen molar-refractivity contribution >= 4 is 28.7 Å². The van der Waals surface area contributed by atoms with Crippen LogP contribution in [-0.2, 0) is 22.4 Å². The SMILES string of the molecule is Cc1ccc2c(c1)c1c(n2C(=O)c2ccc(F)cc2)CCC(C(=O)O)(C(=O)O)C1. The Labute approximate surface area is 165 Å². The van der Waals surface area contributed by atoms with Crippen molar-refractivity contribution < 1.29 is 29.0 Å². The van der Waals surface area contributed by atoms with Crippen LogP contribution in [0.5, 0.6) is 0 Å². The molecule has 1 heterocycles. The molecule has 0 saturated heterocycles. The van der Waals surface area contributed by atoms with Gasteiger partial charge in [-0.15, -0.1) is 0 Å². The molecule has 2 N–H and O–H groups in total.